The molecule has 1 N–H and O–H groups in total. The zero-order valence-electron chi connectivity index (χ0n) is 14.2. The first-order valence-corrected chi connectivity index (χ1v) is 9.11. The largest absolute Gasteiger partial charge is 0.364 e. The van der Waals surface area contributed by atoms with E-state index in [2.05, 4.69) is 37.2 Å². The molecule has 0 aromatic carbocycles. The standard InChI is InChI=1S/C16H24N6OS/c1-3-14-10-18-15(24-14)11-19-16(17-2)22-7-5-21(6-8-22)12-13-4-9-23-20-13/h4,9-10H,3,5-8,11-12H2,1-2H3,(H,17,19). The summed E-state index contributed by atoms with van der Waals surface area (Å²) in [6.07, 6.45) is 4.63. The molecule has 1 saturated heterocycles. The van der Waals surface area contributed by atoms with Gasteiger partial charge >= 0.3 is 0 Å². The van der Waals surface area contributed by atoms with Gasteiger partial charge in [-0.15, -0.1) is 11.3 Å². The number of nitrogens with one attached hydrogen (secondary N) is 1. The van der Waals surface area contributed by atoms with Crippen LogP contribution in [0.3, 0.4) is 0 Å². The second-order valence-electron chi connectivity index (χ2n) is 5.73. The Labute approximate surface area is 146 Å². The highest BCUT2D eigenvalue weighted by Gasteiger charge is 2.20. The van der Waals surface area contributed by atoms with E-state index in [1.165, 1.54) is 4.88 Å². The molecule has 2 aromatic heterocycles. The number of aliphatic imine (C=N–C) groups is 1. The van der Waals surface area contributed by atoms with Crippen molar-refractivity contribution in [1.82, 2.24) is 25.3 Å². The van der Waals surface area contributed by atoms with Crippen LogP contribution in [0.2, 0.25) is 0 Å². The molecule has 1 fully saturated rings. The molecule has 2 aromatic rings. The van der Waals surface area contributed by atoms with Crippen LogP contribution in [0.15, 0.2) is 28.0 Å². The molecule has 0 radical (unpaired) electrons. The van der Waals surface area contributed by atoms with Crippen molar-refractivity contribution in [2.75, 3.05) is 33.2 Å². The van der Waals surface area contributed by atoms with Crippen LogP contribution in [-0.4, -0.2) is 59.1 Å². The van der Waals surface area contributed by atoms with E-state index < -0.39 is 0 Å². The van der Waals surface area contributed by atoms with E-state index in [1.807, 2.05) is 19.3 Å². The summed E-state index contributed by atoms with van der Waals surface area (Å²) in [7, 11) is 1.84. The molecule has 1 aliphatic rings. The Hall–Kier alpha value is -1.93. The quantitative estimate of drug-likeness (QED) is 0.654. The minimum absolute atomic E-state index is 0.733. The van der Waals surface area contributed by atoms with Crippen LogP contribution in [0.4, 0.5) is 0 Å². The number of aryl methyl sites for hydroxylation is 1. The fourth-order valence-corrected chi connectivity index (χ4v) is 3.55. The SMILES string of the molecule is CCc1cnc(CNC(=NC)N2CCN(Cc3ccon3)CC2)s1. The molecule has 24 heavy (non-hydrogen) atoms. The number of piperazine rings is 1. The highest BCUT2D eigenvalue weighted by Crippen LogP contribution is 2.13. The summed E-state index contributed by atoms with van der Waals surface area (Å²) in [5.41, 5.74) is 0.987. The van der Waals surface area contributed by atoms with Gasteiger partial charge in [0.1, 0.15) is 11.3 Å². The van der Waals surface area contributed by atoms with Crippen LogP contribution in [0.5, 0.6) is 0 Å². The van der Waals surface area contributed by atoms with Gasteiger partial charge in [0.05, 0.1) is 12.2 Å². The first-order valence-electron chi connectivity index (χ1n) is 8.29. The van der Waals surface area contributed by atoms with E-state index in [1.54, 1.807) is 17.6 Å². The van der Waals surface area contributed by atoms with Crippen LogP contribution < -0.4 is 5.32 Å². The smallest absolute Gasteiger partial charge is 0.194 e. The summed E-state index contributed by atoms with van der Waals surface area (Å²) < 4.78 is 4.90. The Balaban J connectivity index is 1.46. The van der Waals surface area contributed by atoms with Gasteiger partial charge in [-0.2, -0.15) is 0 Å². The second-order valence-corrected chi connectivity index (χ2v) is 6.93. The van der Waals surface area contributed by atoms with Gasteiger partial charge in [0.2, 0.25) is 0 Å². The first-order chi connectivity index (χ1) is 11.8. The van der Waals surface area contributed by atoms with Crippen molar-refractivity contribution in [3.05, 3.63) is 34.1 Å². The average Bonchev–Trinajstić information content (AvgIpc) is 3.28. The third-order valence-corrected chi connectivity index (χ3v) is 5.25. The third-order valence-electron chi connectivity index (χ3n) is 4.11. The third kappa shape index (κ3) is 4.33. The van der Waals surface area contributed by atoms with Gasteiger partial charge in [-0.25, -0.2) is 4.98 Å². The predicted octanol–water partition coefficient (Wildman–Crippen LogP) is 1.59. The Kier molecular flexibility index (Phi) is 5.81. The topological polar surface area (TPSA) is 69.8 Å². The zero-order chi connectivity index (χ0) is 16.8. The maximum absolute atomic E-state index is 4.90. The van der Waals surface area contributed by atoms with Crippen molar-refractivity contribution >= 4 is 17.3 Å². The summed E-state index contributed by atoms with van der Waals surface area (Å²) in [4.78, 5) is 14.9. The first kappa shape index (κ1) is 16.9. The molecule has 3 heterocycles. The normalized spacial score (nSPS) is 16.6. The van der Waals surface area contributed by atoms with Crippen LogP contribution >= 0.6 is 11.3 Å². The number of guanidine groups is 1. The Morgan fingerprint density at radius 1 is 1.38 bits per heavy atom. The highest BCUT2D eigenvalue weighted by atomic mass is 32.1. The van der Waals surface area contributed by atoms with E-state index in [0.717, 1.165) is 62.4 Å². The van der Waals surface area contributed by atoms with Gasteiger partial charge in [0.25, 0.3) is 0 Å². The van der Waals surface area contributed by atoms with E-state index >= 15 is 0 Å². The zero-order valence-corrected chi connectivity index (χ0v) is 15.1. The van der Waals surface area contributed by atoms with Gasteiger partial charge in [-0.3, -0.25) is 9.89 Å². The Bertz CT molecular complexity index is 645. The molecule has 8 heteroatoms. The summed E-state index contributed by atoms with van der Waals surface area (Å²) in [6, 6.07) is 1.92. The van der Waals surface area contributed by atoms with E-state index in [9.17, 15) is 0 Å². The molecule has 0 aliphatic carbocycles. The van der Waals surface area contributed by atoms with Crippen LogP contribution in [0, 0.1) is 0 Å². The fourth-order valence-electron chi connectivity index (χ4n) is 2.75. The molecule has 7 nitrogen and oxygen atoms in total. The average molecular weight is 348 g/mol. The lowest BCUT2D eigenvalue weighted by atomic mass is 10.3. The van der Waals surface area contributed by atoms with Crippen molar-refractivity contribution in [3.63, 3.8) is 0 Å². The minimum Gasteiger partial charge on any atom is -0.364 e. The number of thiazole rings is 1. The van der Waals surface area contributed by atoms with E-state index in [4.69, 9.17) is 4.52 Å². The number of hydrogen-bond donors (Lipinski definition) is 1. The Morgan fingerprint density at radius 2 is 2.21 bits per heavy atom. The number of nitrogens with zero attached hydrogens (tertiary/aromatic N) is 5. The van der Waals surface area contributed by atoms with Gasteiger partial charge in [0.15, 0.2) is 5.96 Å². The van der Waals surface area contributed by atoms with Crippen LogP contribution in [-0.2, 0) is 19.5 Å². The van der Waals surface area contributed by atoms with Crippen molar-refractivity contribution < 1.29 is 4.52 Å². The van der Waals surface area contributed by atoms with Gasteiger partial charge in [-0.05, 0) is 6.42 Å². The monoisotopic (exact) mass is 348 g/mol. The number of aromatic nitrogens is 2. The maximum Gasteiger partial charge on any atom is 0.194 e. The lowest BCUT2D eigenvalue weighted by Crippen LogP contribution is -2.52. The van der Waals surface area contributed by atoms with Gasteiger partial charge in [-0.1, -0.05) is 12.1 Å². The number of rotatable bonds is 5. The van der Waals surface area contributed by atoms with Crippen LogP contribution in [0.25, 0.3) is 0 Å². The minimum atomic E-state index is 0.733. The summed E-state index contributed by atoms with van der Waals surface area (Å²) in [5, 5.41) is 8.52. The fraction of sp³-hybridized carbons (Fsp3) is 0.562. The summed E-state index contributed by atoms with van der Waals surface area (Å²) >= 11 is 1.76. The summed E-state index contributed by atoms with van der Waals surface area (Å²) in [6.45, 7) is 7.62. The predicted molar refractivity (Wildman–Crippen MR) is 95.0 cm³/mol. The molecule has 1 aliphatic heterocycles. The van der Waals surface area contributed by atoms with E-state index in [0.29, 0.717) is 0 Å². The molecule has 0 atom stereocenters. The molecule has 0 unspecified atom stereocenters. The lowest BCUT2D eigenvalue weighted by molar-refractivity contribution is 0.169. The van der Waals surface area contributed by atoms with Gasteiger partial charge in [0, 0.05) is 56.9 Å². The van der Waals surface area contributed by atoms with Crippen molar-refractivity contribution in [3.8, 4) is 0 Å². The molecule has 3 rings (SSSR count). The number of hydrogen-bond acceptors (Lipinski definition) is 6. The summed E-state index contributed by atoms with van der Waals surface area (Å²) in [5.74, 6) is 0.948. The van der Waals surface area contributed by atoms with Crippen molar-refractivity contribution in [2.45, 2.75) is 26.4 Å². The molecular weight excluding hydrogens is 324 g/mol. The van der Waals surface area contributed by atoms with E-state index in [-0.39, 0.29) is 0 Å². The second kappa shape index (κ2) is 8.25. The molecule has 0 bridgehead atoms. The Morgan fingerprint density at radius 3 is 2.83 bits per heavy atom. The molecule has 0 amide bonds. The molecule has 130 valence electrons. The lowest BCUT2D eigenvalue weighted by Gasteiger charge is -2.36. The maximum atomic E-state index is 4.90. The molecular formula is C16H24N6OS. The van der Waals surface area contributed by atoms with Gasteiger partial charge < -0.3 is 14.7 Å². The van der Waals surface area contributed by atoms with Crippen LogP contribution in [0.1, 0.15) is 22.5 Å². The van der Waals surface area contributed by atoms with Crippen molar-refractivity contribution in [1.29, 1.82) is 0 Å². The molecule has 0 spiro atoms. The van der Waals surface area contributed by atoms with Crippen molar-refractivity contribution in [2.24, 2.45) is 4.99 Å². The highest BCUT2D eigenvalue weighted by molar-refractivity contribution is 7.11. The molecule has 0 saturated carbocycles.